The Bertz CT molecular complexity index is 1150. The molecule has 0 unspecified atom stereocenters. The standard InChI is InChI=1S/C26H25NO5S/c1-2-30-23(26(28)29)17-18-7-11-20(12-8-18)31-15-16-32-21-13-9-19(10-14-21)25-27-22-5-3-4-6-24(22)33-25/h3-14,23H,2,15-17H2,1H3,(H,28,29)/t23-/m0/s1. The fourth-order valence-corrected chi connectivity index (χ4v) is 4.33. The number of carboxylic acids is 1. The molecule has 0 saturated carbocycles. The molecular formula is C26H25NO5S. The monoisotopic (exact) mass is 463 g/mol. The molecule has 0 saturated heterocycles. The Balaban J connectivity index is 1.24. The van der Waals surface area contributed by atoms with Crippen LogP contribution in [0.2, 0.25) is 0 Å². The average molecular weight is 464 g/mol. The van der Waals surface area contributed by atoms with Gasteiger partial charge in [-0.25, -0.2) is 9.78 Å². The largest absolute Gasteiger partial charge is 0.490 e. The summed E-state index contributed by atoms with van der Waals surface area (Å²) in [4.78, 5) is 15.9. The average Bonchev–Trinajstić information content (AvgIpc) is 3.27. The van der Waals surface area contributed by atoms with Crippen LogP contribution in [0.3, 0.4) is 0 Å². The van der Waals surface area contributed by atoms with E-state index in [1.54, 1.807) is 18.3 Å². The molecule has 0 aliphatic rings. The van der Waals surface area contributed by atoms with Crippen molar-refractivity contribution in [3.8, 4) is 22.1 Å². The van der Waals surface area contributed by atoms with E-state index in [9.17, 15) is 9.90 Å². The van der Waals surface area contributed by atoms with Crippen LogP contribution in [0.25, 0.3) is 20.8 Å². The molecule has 3 aromatic carbocycles. The number of hydrogen-bond donors (Lipinski definition) is 1. The highest BCUT2D eigenvalue weighted by Gasteiger charge is 2.17. The van der Waals surface area contributed by atoms with Gasteiger partial charge in [0.25, 0.3) is 0 Å². The summed E-state index contributed by atoms with van der Waals surface area (Å²) in [5.41, 5.74) is 2.96. The van der Waals surface area contributed by atoms with E-state index in [0.29, 0.717) is 32.0 Å². The maximum Gasteiger partial charge on any atom is 0.333 e. The van der Waals surface area contributed by atoms with Gasteiger partial charge in [0, 0.05) is 18.6 Å². The number of rotatable bonds is 11. The third-order valence-corrected chi connectivity index (χ3v) is 6.09. The Labute approximate surface area is 196 Å². The second-order valence-corrected chi connectivity index (χ2v) is 8.37. The fraction of sp³-hybridized carbons (Fsp3) is 0.231. The highest BCUT2D eigenvalue weighted by Crippen LogP contribution is 2.30. The lowest BCUT2D eigenvalue weighted by molar-refractivity contribution is -0.149. The van der Waals surface area contributed by atoms with Crippen LogP contribution >= 0.6 is 11.3 Å². The van der Waals surface area contributed by atoms with E-state index >= 15 is 0 Å². The number of ether oxygens (including phenoxy) is 3. The van der Waals surface area contributed by atoms with Gasteiger partial charge in [-0.3, -0.25) is 0 Å². The van der Waals surface area contributed by atoms with Gasteiger partial charge in [0.05, 0.1) is 10.2 Å². The van der Waals surface area contributed by atoms with Gasteiger partial charge in [-0.2, -0.15) is 0 Å². The number of carboxylic acid groups (broad SMARTS) is 1. The van der Waals surface area contributed by atoms with Gasteiger partial charge >= 0.3 is 5.97 Å². The maximum absolute atomic E-state index is 11.2. The lowest BCUT2D eigenvalue weighted by Crippen LogP contribution is -2.26. The summed E-state index contributed by atoms with van der Waals surface area (Å²) < 4.78 is 17.9. The topological polar surface area (TPSA) is 77.9 Å². The zero-order valence-electron chi connectivity index (χ0n) is 18.3. The highest BCUT2D eigenvalue weighted by atomic mass is 32.1. The van der Waals surface area contributed by atoms with Crippen LogP contribution in [0.4, 0.5) is 0 Å². The summed E-state index contributed by atoms with van der Waals surface area (Å²) in [5, 5.41) is 10.2. The summed E-state index contributed by atoms with van der Waals surface area (Å²) in [6.45, 7) is 2.96. The molecule has 4 aromatic rings. The van der Waals surface area contributed by atoms with Crippen molar-refractivity contribution < 1.29 is 24.1 Å². The van der Waals surface area contributed by atoms with Gasteiger partial charge in [0.15, 0.2) is 6.10 Å². The number of aromatic nitrogens is 1. The molecule has 0 amide bonds. The first-order chi connectivity index (χ1) is 16.1. The molecule has 0 spiro atoms. The SMILES string of the molecule is CCO[C@@H](Cc1ccc(OCCOc2ccc(-c3nc4ccccc4s3)cc2)cc1)C(=O)O. The molecule has 1 N–H and O–H groups in total. The number of nitrogens with zero attached hydrogens (tertiary/aromatic N) is 1. The number of para-hydroxylation sites is 1. The zero-order valence-corrected chi connectivity index (χ0v) is 19.1. The second-order valence-electron chi connectivity index (χ2n) is 7.34. The minimum atomic E-state index is -0.956. The molecular weight excluding hydrogens is 438 g/mol. The summed E-state index contributed by atoms with van der Waals surface area (Å²) >= 11 is 1.68. The van der Waals surface area contributed by atoms with Crippen molar-refractivity contribution in [1.82, 2.24) is 4.98 Å². The van der Waals surface area contributed by atoms with E-state index in [2.05, 4.69) is 11.1 Å². The predicted octanol–water partition coefficient (Wildman–Crippen LogP) is 5.45. The first-order valence-corrected chi connectivity index (χ1v) is 11.6. The van der Waals surface area contributed by atoms with Gasteiger partial charge in [-0.15, -0.1) is 11.3 Å². The minimum absolute atomic E-state index is 0.319. The Kier molecular flexibility index (Phi) is 7.55. The van der Waals surface area contributed by atoms with Gasteiger partial charge < -0.3 is 19.3 Å². The van der Waals surface area contributed by atoms with Gasteiger partial charge in [-0.1, -0.05) is 24.3 Å². The van der Waals surface area contributed by atoms with Gasteiger partial charge in [-0.05, 0) is 61.0 Å². The maximum atomic E-state index is 11.2. The Morgan fingerprint density at radius 2 is 1.58 bits per heavy atom. The number of thiazole rings is 1. The van der Waals surface area contributed by atoms with E-state index in [0.717, 1.165) is 27.4 Å². The molecule has 0 aliphatic carbocycles. The second kappa shape index (κ2) is 10.9. The quantitative estimate of drug-likeness (QED) is 0.298. The van der Waals surface area contributed by atoms with E-state index in [4.69, 9.17) is 14.2 Å². The number of fused-ring (bicyclic) bond motifs is 1. The first kappa shape index (κ1) is 22.8. The lowest BCUT2D eigenvalue weighted by atomic mass is 10.1. The van der Waals surface area contributed by atoms with Crippen LogP contribution in [0, 0.1) is 0 Å². The van der Waals surface area contributed by atoms with Crippen LogP contribution in [-0.2, 0) is 16.0 Å². The first-order valence-electron chi connectivity index (χ1n) is 10.8. The van der Waals surface area contributed by atoms with E-state index < -0.39 is 12.1 Å². The third-order valence-electron chi connectivity index (χ3n) is 5.00. The Morgan fingerprint density at radius 3 is 2.18 bits per heavy atom. The molecule has 0 aliphatic heterocycles. The molecule has 0 fully saturated rings. The molecule has 1 aromatic heterocycles. The molecule has 0 radical (unpaired) electrons. The molecule has 7 heteroatoms. The number of hydrogen-bond acceptors (Lipinski definition) is 6. The fourth-order valence-electron chi connectivity index (χ4n) is 3.36. The number of aliphatic carboxylic acids is 1. The molecule has 33 heavy (non-hydrogen) atoms. The molecule has 0 bridgehead atoms. The van der Waals surface area contributed by atoms with Crippen molar-refractivity contribution >= 4 is 27.5 Å². The number of carbonyl (C=O) groups is 1. The van der Waals surface area contributed by atoms with Gasteiger partial charge in [0.2, 0.25) is 0 Å². The smallest absolute Gasteiger partial charge is 0.333 e. The molecule has 1 heterocycles. The minimum Gasteiger partial charge on any atom is -0.490 e. The van der Waals surface area contributed by atoms with Crippen molar-refractivity contribution in [2.24, 2.45) is 0 Å². The van der Waals surface area contributed by atoms with Crippen LogP contribution in [0.15, 0.2) is 72.8 Å². The summed E-state index contributed by atoms with van der Waals surface area (Å²) in [7, 11) is 0. The summed E-state index contributed by atoms with van der Waals surface area (Å²) in [6.07, 6.45) is -0.518. The van der Waals surface area contributed by atoms with E-state index in [1.165, 1.54) is 4.70 Å². The summed E-state index contributed by atoms with van der Waals surface area (Å²) in [5.74, 6) is 0.522. The van der Waals surface area contributed by atoms with E-state index in [1.807, 2.05) is 66.7 Å². The Morgan fingerprint density at radius 1 is 0.939 bits per heavy atom. The van der Waals surface area contributed by atoms with Crippen LogP contribution in [-0.4, -0.2) is 42.0 Å². The lowest BCUT2D eigenvalue weighted by Gasteiger charge is -2.13. The van der Waals surface area contributed by atoms with E-state index in [-0.39, 0.29) is 0 Å². The normalized spacial score (nSPS) is 11.9. The molecule has 1 atom stereocenters. The van der Waals surface area contributed by atoms with Crippen molar-refractivity contribution in [1.29, 1.82) is 0 Å². The van der Waals surface area contributed by atoms with Crippen molar-refractivity contribution in [2.45, 2.75) is 19.4 Å². The Hall–Kier alpha value is -3.42. The van der Waals surface area contributed by atoms with Gasteiger partial charge in [0.1, 0.15) is 29.7 Å². The predicted molar refractivity (Wildman–Crippen MR) is 129 cm³/mol. The number of benzene rings is 3. The third kappa shape index (κ3) is 6.09. The summed E-state index contributed by atoms with van der Waals surface area (Å²) in [6, 6.07) is 23.4. The molecule has 170 valence electrons. The van der Waals surface area contributed by atoms with Crippen molar-refractivity contribution in [2.75, 3.05) is 19.8 Å². The van der Waals surface area contributed by atoms with Crippen LogP contribution < -0.4 is 9.47 Å². The van der Waals surface area contributed by atoms with Crippen LogP contribution in [0.1, 0.15) is 12.5 Å². The highest BCUT2D eigenvalue weighted by molar-refractivity contribution is 7.21. The zero-order chi connectivity index (χ0) is 23.0. The van der Waals surface area contributed by atoms with Crippen molar-refractivity contribution in [3.63, 3.8) is 0 Å². The van der Waals surface area contributed by atoms with Crippen molar-refractivity contribution in [3.05, 3.63) is 78.4 Å². The van der Waals surface area contributed by atoms with Crippen LogP contribution in [0.5, 0.6) is 11.5 Å². The molecule has 4 rings (SSSR count). The molecule has 6 nitrogen and oxygen atoms in total.